The van der Waals surface area contributed by atoms with Gasteiger partial charge >= 0.3 is 6.09 Å². The number of aromatic nitrogens is 2. The molecule has 1 fully saturated rings. The first kappa shape index (κ1) is 28.1. The second-order valence-electron chi connectivity index (χ2n) is 10.9. The highest BCUT2D eigenvalue weighted by atomic mass is 16.6. The van der Waals surface area contributed by atoms with Crippen LogP contribution in [0.2, 0.25) is 0 Å². The van der Waals surface area contributed by atoms with Gasteiger partial charge in [-0.15, -0.1) is 0 Å². The molecule has 1 aliphatic rings. The van der Waals surface area contributed by atoms with Crippen molar-refractivity contribution in [1.29, 1.82) is 0 Å². The van der Waals surface area contributed by atoms with Crippen LogP contribution >= 0.6 is 0 Å². The van der Waals surface area contributed by atoms with E-state index in [1.165, 1.54) is 12.7 Å². The Labute approximate surface area is 203 Å². The van der Waals surface area contributed by atoms with Gasteiger partial charge in [0.1, 0.15) is 11.6 Å². The van der Waals surface area contributed by atoms with E-state index in [0.29, 0.717) is 18.0 Å². The van der Waals surface area contributed by atoms with Crippen LogP contribution in [0.4, 0.5) is 4.79 Å². The first-order valence-corrected chi connectivity index (χ1v) is 12.6. The largest absolute Gasteiger partial charge is 0.444 e. The van der Waals surface area contributed by atoms with Gasteiger partial charge in [-0.05, 0) is 39.0 Å². The second-order valence-corrected chi connectivity index (χ2v) is 10.9. The number of hydrogen-bond acceptors (Lipinski definition) is 6. The van der Waals surface area contributed by atoms with Gasteiger partial charge in [0, 0.05) is 19.0 Å². The minimum atomic E-state index is -0.922. The van der Waals surface area contributed by atoms with Crippen molar-refractivity contribution in [1.82, 2.24) is 20.6 Å². The molecule has 0 aromatic carbocycles. The maximum absolute atomic E-state index is 13.4. The van der Waals surface area contributed by atoms with E-state index in [2.05, 4.69) is 20.6 Å². The highest BCUT2D eigenvalue weighted by Gasteiger charge is 2.32. The van der Waals surface area contributed by atoms with Gasteiger partial charge < -0.3 is 30.6 Å². The van der Waals surface area contributed by atoms with Crippen molar-refractivity contribution < 1.29 is 24.5 Å². The highest BCUT2D eigenvalue weighted by molar-refractivity contribution is 5.86. The number of carbonyl (C=O) groups is 2. The Hall–Kier alpha value is -2.13. The van der Waals surface area contributed by atoms with Gasteiger partial charge in [-0.3, -0.25) is 4.79 Å². The third-order valence-electron chi connectivity index (χ3n) is 6.33. The number of H-pyrrole nitrogens is 1. The molecule has 0 radical (unpaired) electrons. The molecule has 1 aromatic rings. The van der Waals surface area contributed by atoms with Crippen LogP contribution in [0.1, 0.15) is 85.3 Å². The minimum absolute atomic E-state index is 0.00179. The zero-order chi connectivity index (χ0) is 25.3. The molecule has 1 saturated carbocycles. The van der Waals surface area contributed by atoms with Crippen LogP contribution in [-0.2, 0) is 16.0 Å². The Kier molecular flexibility index (Phi) is 10.8. The molecule has 4 atom stereocenters. The van der Waals surface area contributed by atoms with Crippen molar-refractivity contribution in [3.8, 4) is 0 Å². The molecule has 0 saturated heterocycles. The molecular weight excluding hydrogens is 436 g/mol. The predicted octanol–water partition coefficient (Wildman–Crippen LogP) is 3.07. The lowest BCUT2D eigenvalue weighted by atomic mass is 9.82. The van der Waals surface area contributed by atoms with Crippen molar-refractivity contribution in [2.24, 2.45) is 11.8 Å². The van der Waals surface area contributed by atoms with E-state index in [1.54, 1.807) is 27.0 Å². The Morgan fingerprint density at radius 1 is 1.15 bits per heavy atom. The van der Waals surface area contributed by atoms with Crippen LogP contribution in [0.15, 0.2) is 12.5 Å². The number of nitrogens with one attached hydrogen (secondary N) is 3. The summed E-state index contributed by atoms with van der Waals surface area (Å²) in [5.41, 5.74) is -0.0831. The predicted molar refractivity (Wildman–Crippen MR) is 130 cm³/mol. The Balaban J connectivity index is 2.15. The van der Waals surface area contributed by atoms with Crippen molar-refractivity contribution in [3.63, 3.8) is 0 Å². The van der Waals surface area contributed by atoms with Gasteiger partial charge in [0.15, 0.2) is 0 Å². The Morgan fingerprint density at radius 2 is 1.82 bits per heavy atom. The van der Waals surface area contributed by atoms with E-state index in [9.17, 15) is 19.8 Å². The number of carbonyl (C=O) groups excluding carboxylic acids is 2. The summed E-state index contributed by atoms with van der Waals surface area (Å²) in [4.78, 5) is 32.8. The molecule has 1 aliphatic carbocycles. The van der Waals surface area contributed by atoms with Crippen LogP contribution in [0.5, 0.6) is 0 Å². The maximum Gasteiger partial charge on any atom is 0.408 e. The quantitative estimate of drug-likeness (QED) is 0.330. The van der Waals surface area contributed by atoms with E-state index >= 15 is 0 Å². The molecule has 9 heteroatoms. The fraction of sp³-hybridized carbons (Fsp3) is 0.800. The van der Waals surface area contributed by atoms with E-state index in [4.69, 9.17) is 4.74 Å². The smallest absolute Gasteiger partial charge is 0.408 e. The third-order valence-corrected chi connectivity index (χ3v) is 6.33. The number of imidazole rings is 1. The molecule has 1 aromatic heterocycles. The number of aliphatic hydroxyl groups excluding tert-OH is 2. The van der Waals surface area contributed by atoms with Crippen LogP contribution in [0.3, 0.4) is 0 Å². The molecular formula is C25H44N4O5. The van der Waals surface area contributed by atoms with E-state index in [0.717, 1.165) is 25.7 Å². The average Bonchev–Trinajstić information content (AvgIpc) is 3.25. The van der Waals surface area contributed by atoms with Gasteiger partial charge in [0.2, 0.25) is 5.91 Å². The first-order chi connectivity index (χ1) is 15.9. The molecule has 0 spiro atoms. The molecule has 9 nitrogen and oxygen atoms in total. The van der Waals surface area contributed by atoms with Crippen molar-refractivity contribution in [2.75, 3.05) is 0 Å². The van der Waals surface area contributed by atoms with Crippen molar-refractivity contribution >= 4 is 12.0 Å². The van der Waals surface area contributed by atoms with Crippen molar-refractivity contribution in [3.05, 3.63) is 18.2 Å². The molecule has 5 N–H and O–H groups in total. The van der Waals surface area contributed by atoms with Gasteiger partial charge in [0.05, 0.1) is 30.3 Å². The summed E-state index contributed by atoms with van der Waals surface area (Å²) in [6.07, 6.45) is 7.58. The molecule has 2 unspecified atom stereocenters. The summed E-state index contributed by atoms with van der Waals surface area (Å²) in [5, 5.41) is 27.0. The average molecular weight is 481 g/mol. The lowest BCUT2D eigenvalue weighted by molar-refractivity contribution is -0.125. The number of aromatic amines is 1. The number of alkyl carbamates (subject to hydrolysis) is 1. The summed E-state index contributed by atoms with van der Waals surface area (Å²) in [6, 6.07) is -1.44. The fourth-order valence-corrected chi connectivity index (χ4v) is 4.33. The molecule has 34 heavy (non-hydrogen) atoms. The molecule has 0 bridgehead atoms. The van der Waals surface area contributed by atoms with Gasteiger partial charge in [-0.1, -0.05) is 46.0 Å². The summed E-state index contributed by atoms with van der Waals surface area (Å²) < 4.78 is 5.35. The van der Waals surface area contributed by atoms with Gasteiger partial charge in [-0.2, -0.15) is 0 Å². The molecule has 0 aliphatic heterocycles. The minimum Gasteiger partial charge on any atom is -0.444 e. The zero-order valence-electron chi connectivity index (χ0n) is 21.3. The van der Waals surface area contributed by atoms with Crippen LogP contribution in [0, 0.1) is 11.8 Å². The summed E-state index contributed by atoms with van der Waals surface area (Å²) >= 11 is 0. The Morgan fingerprint density at radius 3 is 2.38 bits per heavy atom. The molecule has 2 amide bonds. The van der Waals surface area contributed by atoms with E-state index < -0.39 is 41.9 Å². The monoisotopic (exact) mass is 480 g/mol. The number of rotatable bonds is 11. The van der Waals surface area contributed by atoms with E-state index in [-0.39, 0.29) is 18.8 Å². The molecule has 2 rings (SSSR count). The maximum atomic E-state index is 13.4. The summed E-state index contributed by atoms with van der Waals surface area (Å²) in [7, 11) is 0. The highest BCUT2D eigenvalue weighted by Crippen LogP contribution is 2.29. The summed E-state index contributed by atoms with van der Waals surface area (Å²) in [5.74, 6) is 0.00295. The fourth-order valence-electron chi connectivity index (χ4n) is 4.33. The number of nitrogens with zero attached hydrogens (tertiary/aromatic N) is 1. The SMILES string of the molecule is CC(C)C(O)CC(O)[C@H](CC1CCCCC1)NC(=O)[C@H](Cc1c[nH]cn1)NC(=O)OC(C)(C)C. The van der Waals surface area contributed by atoms with Crippen LogP contribution in [0.25, 0.3) is 0 Å². The molecule has 1 heterocycles. The topological polar surface area (TPSA) is 137 Å². The lowest BCUT2D eigenvalue weighted by Crippen LogP contribution is -2.54. The first-order valence-electron chi connectivity index (χ1n) is 12.6. The number of hydrogen-bond donors (Lipinski definition) is 5. The second kappa shape index (κ2) is 13.1. The van der Waals surface area contributed by atoms with Gasteiger partial charge in [0.25, 0.3) is 0 Å². The van der Waals surface area contributed by atoms with Crippen LogP contribution < -0.4 is 10.6 Å². The third kappa shape index (κ3) is 10.0. The number of ether oxygens (including phenoxy) is 1. The number of aliphatic hydroxyl groups is 2. The van der Waals surface area contributed by atoms with Crippen molar-refractivity contribution in [2.45, 2.75) is 116 Å². The normalized spacial score (nSPS) is 18.7. The van der Waals surface area contributed by atoms with E-state index in [1.807, 2.05) is 13.8 Å². The lowest BCUT2D eigenvalue weighted by Gasteiger charge is -2.32. The number of amides is 2. The molecule has 194 valence electrons. The summed E-state index contributed by atoms with van der Waals surface area (Å²) in [6.45, 7) is 9.07. The standard InChI is InChI=1S/C25H44N4O5/c1-16(2)21(30)13-22(31)19(11-17-9-7-6-8-10-17)28-23(32)20(12-18-14-26-15-27-18)29-24(33)34-25(3,4)5/h14-17,19-22,30-31H,6-13H2,1-5H3,(H,26,27)(H,28,32)(H,29,33)/t19-,20-,21?,22?/m0/s1. The van der Waals surface area contributed by atoms with Gasteiger partial charge in [-0.25, -0.2) is 9.78 Å². The van der Waals surface area contributed by atoms with Crippen LogP contribution in [-0.4, -0.2) is 62.1 Å². The Bertz CT molecular complexity index is 741. The zero-order valence-corrected chi connectivity index (χ0v) is 21.3.